The van der Waals surface area contributed by atoms with Crippen molar-refractivity contribution in [3.05, 3.63) is 28.5 Å². The molecular weight excluding hydrogens is 385 g/mol. The Morgan fingerprint density at radius 1 is 1.38 bits per heavy atom. The smallest absolute Gasteiger partial charge is 0.296 e. The van der Waals surface area contributed by atoms with Gasteiger partial charge in [-0.25, -0.2) is 12.8 Å². The first-order valence-electron chi connectivity index (χ1n) is 6.03. The van der Waals surface area contributed by atoms with E-state index in [-0.39, 0.29) is 11.1 Å². The van der Waals surface area contributed by atoms with Gasteiger partial charge in [0.2, 0.25) is 0 Å². The summed E-state index contributed by atoms with van der Waals surface area (Å²) in [5, 5.41) is 7.24. The molecule has 0 fully saturated rings. The number of hydrogen-bond acceptors (Lipinski definition) is 4. The van der Waals surface area contributed by atoms with Crippen molar-refractivity contribution in [2.45, 2.75) is 25.5 Å². The largest absolute Gasteiger partial charge is 0.297 e. The summed E-state index contributed by atoms with van der Waals surface area (Å²) in [5.41, 5.74) is 0.538. The molecule has 1 aromatic heterocycles. The van der Waals surface area contributed by atoms with Gasteiger partial charge in [-0.3, -0.25) is 4.57 Å². The minimum Gasteiger partial charge on any atom is -0.297 e. The highest BCUT2D eigenvalue weighted by molar-refractivity contribution is 9.10. The molecular formula is C12H12BrClFN3O2S. The molecule has 0 saturated heterocycles. The van der Waals surface area contributed by atoms with Crippen LogP contribution in [0.5, 0.6) is 0 Å². The summed E-state index contributed by atoms with van der Waals surface area (Å²) in [4.78, 5) is 0. The topological polar surface area (TPSA) is 64.8 Å². The SMILES string of the molecule is CC(C)Cn1c(-c2ccc(F)cc2Br)nnc1S(=O)(=O)Cl. The summed E-state index contributed by atoms with van der Waals surface area (Å²) in [7, 11) is 1.38. The first kappa shape index (κ1) is 16.4. The second-order valence-corrected chi connectivity index (χ2v) is 8.19. The molecule has 0 aliphatic rings. The fraction of sp³-hybridized carbons (Fsp3) is 0.333. The molecule has 0 aliphatic carbocycles. The van der Waals surface area contributed by atoms with Crippen molar-refractivity contribution in [1.29, 1.82) is 0 Å². The van der Waals surface area contributed by atoms with Gasteiger partial charge in [-0.15, -0.1) is 10.2 Å². The molecule has 114 valence electrons. The van der Waals surface area contributed by atoms with Crippen LogP contribution in [0.1, 0.15) is 13.8 Å². The van der Waals surface area contributed by atoms with Gasteiger partial charge in [0.15, 0.2) is 5.82 Å². The van der Waals surface area contributed by atoms with Gasteiger partial charge in [-0.2, -0.15) is 0 Å². The quantitative estimate of drug-likeness (QED) is 0.743. The fourth-order valence-electron chi connectivity index (χ4n) is 1.87. The molecule has 0 amide bonds. The molecule has 0 spiro atoms. The Balaban J connectivity index is 2.66. The molecule has 2 rings (SSSR count). The van der Waals surface area contributed by atoms with E-state index in [2.05, 4.69) is 26.1 Å². The third-order valence-electron chi connectivity index (χ3n) is 2.65. The fourth-order valence-corrected chi connectivity index (χ4v) is 3.30. The lowest BCUT2D eigenvalue weighted by Crippen LogP contribution is -2.12. The first-order valence-corrected chi connectivity index (χ1v) is 9.13. The average molecular weight is 397 g/mol. The van der Waals surface area contributed by atoms with Crippen molar-refractivity contribution < 1.29 is 12.8 Å². The number of halogens is 3. The van der Waals surface area contributed by atoms with Gasteiger partial charge in [0, 0.05) is 27.3 Å². The Hall–Kier alpha value is -0.990. The van der Waals surface area contributed by atoms with Crippen molar-refractivity contribution in [3.8, 4) is 11.4 Å². The van der Waals surface area contributed by atoms with Crippen LogP contribution in [0.25, 0.3) is 11.4 Å². The van der Waals surface area contributed by atoms with Gasteiger partial charge in [-0.1, -0.05) is 13.8 Å². The molecule has 0 unspecified atom stereocenters. The van der Waals surface area contributed by atoms with Crippen molar-refractivity contribution in [1.82, 2.24) is 14.8 Å². The van der Waals surface area contributed by atoms with E-state index in [1.807, 2.05) is 13.8 Å². The minimum atomic E-state index is -4.02. The van der Waals surface area contributed by atoms with Gasteiger partial charge in [-0.05, 0) is 40.0 Å². The van der Waals surface area contributed by atoms with Gasteiger partial charge < -0.3 is 0 Å². The third kappa shape index (κ3) is 3.61. The molecule has 0 radical (unpaired) electrons. The maximum Gasteiger partial charge on any atom is 0.296 e. The number of rotatable bonds is 4. The van der Waals surface area contributed by atoms with E-state index >= 15 is 0 Å². The van der Waals surface area contributed by atoms with Crippen LogP contribution in [-0.2, 0) is 15.6 Å². The zero-order valence-electron chi connectivity index (χ0n) is 11.2. The van der Waals surface area contributed by atoms with Crippen LogP contribution in [0.2, 0.25) is 0 Å². The standard InChI is InChI=1S/C12H12BrClFN3O2S/c1-7(2)6-18-11(16-17-12(18)21(14,19)20)9-4-3-8(15)5-10(9)13/h3-5,7H,6H2,1-2H3. The minimum absolute atomic E-state index is 0.149. The molecule has 0 N–H and O–H groups in total. The number of hydrogen-bond donors (Lipinski definition) is 0. The summed E-state index contributed by atoms with van der Waals surface area (Å²) in [6, 6.07) is 4.05. The molecule has 5 nitrogen and oxygen atoms in total. The summed E-state index contributed by atoms with van der Waals surface area (Å²) in [6.45, 7) is 4.22. The molecule has 1 aromatic carbocycles. The lowest BCUT2D eigenvalue weighted by Gasteiger charge is -2.12. The van der Waals surface area contributed by atoms with Crippen LogP contribution in [0.3, 0.4) is 0 Å². The zero-order valence-corrected chi connectivity index (χ0v) is 14.4. The molecule has 0 saturated carbocycles. The monoisotopic (exact) mass is 395 g/mol. The van der Waals surface area contributed by atoms with Crippen LogP contribution in [0, 0.1) is 11.7 Å². The average Bonchev–Trinajstić information content (AvgIpc) is 2.71. The van der Waals surface area contributed by atoms with E-state index < -0.39 is 14.9 Å². The first-order chi connectivity index (χ1) is 9.70. The molecule has 0 atom stereocenters. The van der Waals surface area contributed by atoms with Gasteiger partial charge in [0.1, 0.15) is 5.82 Å². The van der Waals surface area contributed by atoms with E-state index in [9.17, 15) is 12.8 Å². The number of nitrogens with zero attached hydrogens (tertiary/aromatic N) is 3. The maximum atomic E-state index is 13.2. The third-order valence-corrected chi connectivity index (χ3v) is 4.46. The lowest BCUT2D eigenvalue weighted by molar-refractivity contribution is 0.488. The molecule has 0 aliphatic heterocycles. The van der Waals surface area contributed by atoms with E-state index in [0.29, 0.717) is 22.4 Å². The Kier molecular flexibility index (Phi) is 4.69. The summed E-state index contributed by atoms with van der Waals surface area (Å²) in [5.74, 6) is 0.0525. The molecule has 9 heteroatoms. The highest BCUT2D eigenvalue weighted by Crippen LogP contribution is 2.30. The Morgan fingerprint density at radius 2 is 2.05 bits per heavy atom. The molecule has 0 bridgehead atoms. The second kappa shape index (κ2) is 6.02. The van der Waals surface area contributed by atoms with Crippen LogP contribution in [-0.4, -0.2) is 23.2 Å². The Labute approximate surface area is 134 Å². The van der Waals surface area contributed by atoms with Crippen LogP contribution >= 0.6 is 26.6 Å². The van der Waals surface area contributed by atoms with Gasteiger partial charge in [0.05, 0.1) is 0 Å². The molecule has 1 heterocycles. The zero-order chi connectivity index (χ0) is 15.8. The molecule has 21 heavy (non-hydrogen) atoms. The van der Waals surface area contributed by atoms with Crippen molar-refractivity contribution in [3.63, 3.8) is 0 Å². The Morgan fingerprint density at radius 3 is 2.57 bits per heavy atom. The highest BCUT2D eigenvalue weighted by Gasteiger charge is 2.24. The van der Waals surface area contributed by atoms with E-state index in [1.165, 1.54) is 22.8 Å². The summed E-state index contributed by atoms with van der Waals surface area (Å²) < 4.78 is 38.2. The van der Waals surface area contributed by atoms with Crippen molar-refractivity contribution >= 4 is 35.7 Å². The highest BCUT2D eigenvalue weighted by atomic mass is 79.9. The van der Waals surface area contributed by atoms with Crippen molar-refractivity contribution in [2.75, 3.05) is 0 Å². The van der Waals surface area contributed by atoms with Crippen molar-refractivity contribution in [2.24, 2.45) is 5.92 Å². The van der Waals surface area contributed by atoms with E-state index in [1.54, 1.807) is 0 Å². The normalized spacial score (nSPS) is 12.1. The number of benzene rings is 1. The predicted molar refractivity (Wildman–Crippen MR) is 81.0 cm³/mol. The van der Waals surface area contributed by atoms with E-state index in [4.69, 9.17) is 10.7 Å². The number of aromatic nitrogens is 3. The molecule has 2 aromatic rings. The van der Waals surface area contributed by atoms with E-state index in [0.717, 1.165) is 0 Å². The van der Waals surface area contributed by atoms with Crippen LogP contribution in [0.4, 0.5) is 4.39 Å². The summed E-state index contributed by atoms with van der Waals surface area (Å²) in [6.07, 6.45) is 0. The summed E-state index contributed by atoms with van der Waals surface area (Å²) >= 11 is 3.24. The van der Waals surface area contributed by atoms with Crippen LogP contribution < -0.4 is 0 Å². The lowest BCUT2D eigenvalue weighted by atomic mass is 10.2. The van der Waals surface area contributed by atoms with Gasteiger partial charge in [0.25, 0.3) is 14.2 Å². The van der Waals surface area contributed by atoms with Crippen LogP contribution in [0.15, 0.2) is 27.8 Å². The maximum absolute atomic E-state index is 13.2. The van der Waals surface area contributed by atoms with Gasteiger partial charge >= 0.3 is 0 Å². The second-order valence-electron chi connectivity index (χ2n) is 4.87. The predicted octanol–water partition coefficient (Wildman–Crippen LogP) is 3.43. The Bertz CT molecular complexity index is 777.